The number of hydrogen-bond donors (Lipinski definition) is 0. The third-order valence-corrected chi connectivity index (χ3v) is 4.26. The molecule has 0 atom stereocenters. The molecule has 0 aromatic heterocycles. The van der Waals surface area contributed by atoms with Gasteiger partial charge in [0.25, 0.3) is 0 Å². The van der Waals surface area contributed by atoms with Crippen LogP contribution in [0.4, 0.5) is 39.5 Å². The van der Waals surface area contributed by atoms with Gasteiger partial charge in [-0.15, -0.1) is 0 Å². The first-order chi connectivity index (χ1) is 16.0. The molecule has 0 saturated carbocycles. The van der Waals surface area contributed by atoms with E-state index in [-0.39, 0.29) is 11.1 Å². The summed E-state index contributed by atoms with van der Waals surface area (Å²) in [5, 5.41) is 0. The summed E-state index contributed by atoms with van der Waals surface area (Å²) in [6, 6.07) is 5.11. The number of rotatable bonds is 0. The normalized spacial score (nSPS) is 9.88. The molecule has 0 aliphatic carbocycles. The smallest absolute Gasteiger partial charge is 0.200 e. The van der Waals surface area contributed by atoms with E-state index < -0.39 is 69.0 Å². The molecule has 0 heterocycles. The Morgan fingerprint density at radius 1 is 0.412 bits per heavy atom. The zero-order valence-electron chi connectivity index (χ0n) is 17.7. The van der Waals surface area contributed by atoms with Crippen molar-refractivity contribution in [3.8, 4) is 23.7 Å². The number of halogens is 9. The van der Waals surface area contributed by atoms with Gasteiger partial charge in [0.1, 0.15) is 5.56 Å². The Morgan fingerprint density at radius 3 is 1.12 bits per heavy atom. The Labute approximate surface area is 189 Å². The minimum Gasteiger partial charge on any atom is -0.203 e. The van der Waals surface area contributed by atoms with Crippen LogP contribution in [0, 0.1) is 83.0 Å². The summed E-state index contributed by atoms with van der Waals surface area (Å²) in [7, 11) is 0. The SMILES string of the molecule is CC.Cc1c(F)c(F)c(F)c(F)c1C#Cc1ccc(C#Cc2c(F)c(F)c(F)c(F)c2F)cc1. The van der Waals surface area contributed by atoms with Gasteiger partial charge in [-0.1, -0.05) is 37.5 Å². The highest BCUT2D eigenvalue weighted by molar-refractivity contribution is 5.50. The highest BCUT2D eigenvalue weighted by Crippen LogP contribution is 2.24. The van der Waals surface area contributed by atoms with Gasteiger partial charge in [-0.2, -0.15) is 0 Å². The summed E-state index contributed by atoms with van der Waals surface area (Å²) in [5.41, 5.74) is -2.23. The van der Waals surface area contributed by atoms with Crippen molar-refractivity contribution in [2.45, 2.75) is 20.8 Å². The maximum Gasteiger partial charge on any atom is 0.200 e. The lowest BCUT2D eigenvalue weighted by Gasteiger charge is -2.05. The zero-order chi connectivity index (χ0) is 25.7. The average molecular weight is 484 g/mol. The number of hydrogen-bond acceptors (Lipinski definition) is 0. The molecule has 0 unspecified atom stereocenters. The molecule has 3 rings (SSSR count). The van der Waals surface area contributed by atoms with E-state index in [1.54, 1.807) is 0 Å². The van der Waals surface area contributed by atoms with Gasteiger partial charge < -0.3 is 0 Å². The second-order valence-electron chi connectivity index (χ2n) is 6.28. The molecule has 3 aromatic rings. The summed E-state index contributed by atoms with van der Waals surface area (Å²) >= 11 is 0. The molecule has 0 N–H and O–H groups in total. The van der Waals surface area contributed by atoms with E-state index in [0.717, 1.165) is 6.92 Å². The first-order valence-electron chi connectivity index (χ1n) is 9.52. The van der Waals surface area contributed by atoms with E-state index in [9.17, 15) is 39.5 Å². The van der Waals surface area contributed by atoms with Gasteiger partial charge in [0.05, 0.1) is 5.56 Å². The predicted molar refractivity (Wildman–Crippen MR) is 107 cm³/mol. The van der Waals surface area contributed by atoms with Crippen molar-refractivity contribution in [3.05, 3.63) is 104 Å². The van der Waals surface area contributed by atoms with Crippen molar-refractivity contribution in [2.24, 2.45) is 0 Å². The lowest BCUT2D eigenvalue weighted by molar-refractivity contribution is 0.376. The van der Waals surface area contributed by atoms with Crippen molar-refractivity contribution in [1.29, 1.82) is 0 Å². The summed E-state index contributed by atoms with van der Waals surface area (Å²) in [5.74, 6) is -9.23. The molecule has 0 bridgehead atoms. The fraction of sp³-hybridized carbons (Fsp3) is 0.120. The molecular formula is C25H13F9. The first kappa shape index (κ1) is 26.4. The maximum atomic E-state index is 13.8. The van der Waals surface area contributed by atoms with E-state index >= 15 is 0 Å². The van der Waals surface area contributed by atoms with E-state index in [2.05, 4.69) is 17.8 Å². The second kappa shape index (κ2) is 10.8. The van der Waals surface area contributed by atoms with Crippen LogP contribution in [0.3, 0.4) is 0 Å². The average Bonchev–Trinajstić information content (AvgIpc) is 2.85. The summed E-state index contributed by atoms with van der Waals surface area (Å²) in [6.07, 6.45) is 0. The van der Waals surface area contributed by atoms with E-state index in [1.165, 1.54) is 24.3 Å². The monoisotopic (exact) mass is 484 g/mol. The summed E-state index contributed by atoms with van der Waals surface area (Å²) < 4.78 is 121. The maximum absolute atomic E-state index is 13.8. The van der Waals surface area contributed by atoms with Crippen molar-refractivity contribution >= 4 is 0 Å². The van der Waals surface area contributed by atoms with E-state index in [1.807, 2.05) is 19.8 Å². The minimum atomic E-state index is -2.30. The molecule has 3 aromatic carbocycles. The molecule has 0 aliphatic rings. The molecular weight excluding hydrogens is 471 g/mol. The van der Waals surface area contributed by atoms with Crippen LogP contribution in [0.2, 0.25) is 0 Å². The van der Waals surface area contributed by atoms with Gasteiger partial charge in [0, 0.05) is 16.7 Å². The van der Waals surface area contributed by atoms with Crippen LogP contribution in [0.1, 0.15) is 41.7 Å². The predicted octanol–water partition coefficient (Wildman–Crippen LogP) is 7.07. The molecule has 34 heavy (non-hydrogen) atoms. The molecule has 0 aliphatic heterocycles. The Kier molecular flexibility index (Phi) is 8.42. The van der Waals surface area contributed by atoms with Crippen LogP contribution < -0.4 is 0 Å². The Hall–Kier alpha value is -3.85. The van der Waals surface area contributed by atoms with Gasteiger partial charge in [-0.25, -0.2) is 39.5 Å². The summed E-state index contributed by atoms with van der Waals surface area (Å²) in [4.78, 5) is 0. The third-order valence-electron chi connectivity index (χ3n) is 4.26. The van der Waals surface area contributed by atoms with Crippen molar-refractivity contribution in [2.75, 3.05) is 0 Å². The standard InChI is InChI=1S/C23H7F9.C2H6/c1-10-13(16(25)20(29)19(28)15(10)24)8-6-11-2-4-12(5-3-11)7-9-14-17(26)21(30)23(32)22(31)18(14)27;1-2/h2-5H,1H3;1-2H3. The topological polar surface area (TPSA) is 0 Å². The van der Waals surface area contributed by atoms with E-state index in [4.69, 9.17) is 0 Å². The fourth-order valence-electron chi connectivity index (χ4n) is 2.51. The Balaban J connectivity index is 0.00000199. The van der Waals surface area contributed by atoms with Gasteiger partial charge in [-0.05, 0) is 31.2 Å². The minimum absolute atomic E-state index is 0.0979. The van der Waals surface area contributed by atoms with Crippen LogP contribution >= 0.6 is 0 Å². The Morgan fingerprint density at radius 2 is 0.706 bits per heavy atom. The second-order valence-corrected chi connectivity index (χ2v) is 6.28. The van der Waals surface area contributed by atoms with Gasteiger partial charge in [-0.3, -0.25) is 0 Å². The lowest BCUT2D eigenvalue weighted by Crippen LogP contribution is -2.04. The van der Waals surface area contributed by atoms with Crippen molar-refractivity contribution < 1.29 is 39.5 Å². The molecule has 0 saturated heterocycles. The fourth-order valence-corrected chi connectivity index (χ4v) is 2.51. The molecule has 0 fully saturated rings. The van der Waals surface area contributed by atoms with Gasteiger partial charge in [0.2, 0.25) is 5.82 Å². The van der Waals surface area contributed by atoms with E-state index in [0.29, 0.717) is 0 Å². The Bertz CT molecular complexity index is 1200. The first-order valence-corrected chi connectivity index (χ1v) is 9.52. The molecule has 0 nitrogen and oxygen atoms in total. The molecule has 0 radical (unpaired) electrons. The molecule has 176 valence electrons. The molecule has 9 heteroatoms. The lowest BCUT2D eigenvalue weighted by atomic mass is 10.1. The van der Waals surface area contributed by atoms with Gasteiger partial charge >= 0.3 is 0 Å². The van der Waals surface area contributed by atoms with Gasteiger partial charge in [0.15, 0.2) is 46.5 Å². The highest BCUT2D eigenvalue weighted by Gasteiger charge is 2.25. The van der Waals surface area contributed by atoms with Crippen molar-refractivity contribution in [3.63, 3.8) is 0 Å². The number of benzene rings is 3. The quantitative estimate of drug-likeness (QED) is 0.139. The van der Waals surface area contributed by atoms with Crippen molar-refractivity contribution in [1.82, 2.24) is 0 Å². The highest BCUT2D eigenvalue weighted by atomic mass is 19.2. The van der Waals surface area contributed by atoms with Crippen LogP contribution in [-0.4, -0.2) is 0 Å². The molecule has 0 spiro atoms. The largest absolute Gasteiger partial charge is 0.203 e. The summed E-state index contributed by atoms with van der Waals surface area (Å²) in [6.45, 7) is 5.02. The third kappa shape index (κ3) is 5.04. The van der Waals surface area contributed by atoms with Crippen LogP contribution in [-0.2, 0) is 0 Å². The van der Waals surface area contributed by atoms with Crippen LogP contribution in [0.5, 0.6) is 0 Å². The van der Waals surface area contributed by atoms with Crippen LogP contribution in [0.15, 0.2) is 24.3 Å². The molecule has 0 amide bonds. The zero-order valence-corrected chi connectivity index (χ0v) is 17.7. The van der Waals surface area contributed by atoms with Crippen LogP contribution in [0.25, 0.3) is 0 Å².